The first-order chi connectivity index (χ1) is 14.1. The van der Waals surface area contributed by atoms with Crippen molar-refractivity contribution in [2.45, 2.75) is 37.9 Å². The summed E-state index contributed by atoms with van der Waals surface area (Å²) in [5, 5.41) is 9.36. The maximum absolute atomic E-state index is 12.7. The molecule has 3 aromatic rings. The van der Waals surface area contributed by atoms with Crippen LogP contribution >= 0.6 is 22.9 Å². The summed E-state index contributed by atoms with van der Waals surface area (Å²) in [6.45, 7) is 6.52. The van der Waals surface area contributed by atoms with Gasteiger partial charge in [0, 0.05) is 29.4 Å². The number of amides is 1. The monoisotopic (exact) mass is 467 g/mol. The predicted octanol–water partition coefficient (Wildman–Crippen LogP) is 4.78. The van der Waals surface area contributed by atoms with E-state index in [0.717, 1.165) is 27.3 Å². The Bertz CT molecular complexity index is 1170. The summed E-state index contributed by atoms with van der Waals surface area (Å²) in [6.07, 6.45) is 2.50. The van der Waals surface area contributed by atoms with Crippen molar-refractivity contribution in [1.82, 2.24) is 14.3 Å². The Morgan fingerprint density at radius 1 is 1.30 bits per heavy atom. The maximum atomic E-state index is 12.7. The Balaban J connectivity index is 2.04. The number of halogens is 1. The zero-order valence-corrected chi connectivity index (χ0v) is 19.1. The van der Waals surface area contributed by atoms with Crippen LogP contribution in [0.5, 0.6) is 0 Å². The fourth-order valence-corrected chi connectivity index (χ4v) is 6.35. The van der Waals surface area contributed by atoms with Crippen molar-refractivity contribution >= 4 is 39.1 Å². The molecule has 0 spiro atoms. The van der Waals surface area contributed by atoms with E-state index in [1.807, 2.05) is 31.2 Å². The third-order valence-electron chi connectivity index (χ3n) is 4.53. The highest BCUT2D eigenvalue weighted by molar-refractivity contribution is 7.92. The van der Waals surface area contributed by atoms with Crippen LogP contribution in [0.1, 0.15) is 29.9 Å². The lowest BCUT2D eigenvalue weighted by molar-refractivity contribution is 0.201. The SMILES string of the molecule is Cc1c(CC(C)C)sc(S(=O)(=O)NC(=O)O)c1-c1ccc(Cn2ccnc2Cl)cc1. The van der Waals surface area contributed by atoms with Crippen LogP contribution in [-0.4, -0.2) is 29.2 Å². The highest BCUT2D eigenvalue weighted by Crippen LogP contribution is 2.40. The summed E-state index contributed by atoms with van der Waals surface area (Å²) >= 11 is 7.15. The fraction of sp³-hybridized carbons (Fsp3) is 0.300. The van der Waals surface area contributed by atoms with Gasteiger partial charge in [-0.25, -0.2) is 22.9 Å². The molecule has 0 unspecified atom stereocenters. The molecule has 0 saturated carbocycles. The minimum Gasteiger partial charge on any atom is -0.464 e. The zero-order valence-electron chi connectivity index (χ0n) is 16.7. The number of thiophene rings is 1. The number of nitrogens with one attached hydrogen (secondary N) is 1. The molecule has 2 aromatic heterocycles. The summed E-state index contributed by atoms with van der Waals surface area (Å²) in [6, 6.07) is 7.47. The van der Waals surface area contributed by atoms with Gasteiger partial charge in [-0.15, -0.1) is 11.3 Å². The van der Waals surface area contributed by atoms with Gasteiger partial charge < -0.3 is 9.67 Å². The number of hydrogen-bond donors (Lipinski definition) is 2. The number of rotatable bonds is 7. The standard InChI is InChI=1S/C20H22ClN3O4S2/c1-12(2)10-16-13(3)17(18(29-16)30(27,28)23-20(25)26)15-6-4-14(5-7-15)11-24-9-8-22-19(24)21/h4-9,12,23H,10-11H2,1-3H3,(H,25,26). The number of benzene rings is 1. The molecule has 7 nitrogen and oxygen atoms in total. The molecular formula is C20H22ClN3O4S2. The zero-order chi connectivity index (χ0) is 22.1. The minimum atomic E-state index is -4.19. The predicted molar refractivity (Wildman–Crippen MR) is 118 cm³/mol. The van der Waals surface area contributed by atoms with E-state index < -0.39 is 16.1 Å². The summed E-state index contributed by atoms with van der Waals surface area (Å²) in [4.78, 5) is 15.9. The molecule has 2 heterocycles. The van der Waals surface area contributed by atoms with Crippen LogP contribution in [0.2, 0.25) is 5.28 Å². The smallest absolute Gasteiger partial charge is 0.418 e. The molecule has 1 amide bonds. The van der Waals surface area contributed by atoms with Crippen LogP contribution in [0.15, 0.2) is 40.9 Å². The van der Waals surface area contributed by atoms with E-state index in [9.17, 15) is 13.2 Å². The molecule has 2 N–H and O–H groups in total. The summed E-state index contributed by atoms with van der Waals surface area (Å²) in [7, 11) is -4.19. The fourth-order valence-electron chi connectivity index (χ4n) is 3.18. The van der Waals surface area contributed by atoms with Crippen molar-refractivity contribution in [3.05, 3.63) is 57.9 Å². The largest absolute Gasteiger partial charge is 0.464 e. The lowest BCUT2D eigenvalue weighted by atomic mass is 9.99. The summed E-state index contributed by atoms with van der Waals surface area (Å²) in [5.41, 5.74) is 3.08. The quantitative estimate of drug-likeness (QED) is 0.520. The van der Waals surface area contributed by atoms with Gasteiger partial charge in [0.1, 0.15) is 4.21 Å². The third kappa shape index (κ3) is 4.85. The van der Waals surface area contributed by atoms with Gasteiger partial charge in [-0.05, 0) is 47.6 Å². The molecule has 3 rings (SSSR count). The van der Waals surface area contributed by atoms with Gasteiger partial charge >= 0.3 is 6.09 Å². The van der Waals surface area contributed by atoms with Crippen LogP contribution in [0, 0.1) is 12.8 Å². The van der Waals surface area contributed by atoms with Gasteiger partial charge in [-0.2, -0.15) is 0 Å². The Morgan fingerprint density at radius 2 is 1.97 bits per heavy atom. The number of carboxylic acid groups (broad SMARTS) is 1. The number of carbonyl (C=O) groups is 1. The van der Waals surface area contributed by atoms with Crippen LogP contribution < -0.4 is 4.72 Å². The number of aromatic nitrogens is 2. The molecule has 0 saturated heterocycles. The third-order valence-corrected chi connectivity index (χ3v) is 8.00. The molecule has 30 heavy (non-hydrogen) atoms. The lowest BCUT2D eigenvalue weighted by Crippen LogP contribution is -2.28. The highest BCUT2D eigenvalue weighted by Gasteiger charge is 2.28. The average molecular weight is 468 g/mol. The van der Waals surface area contributed by atoms with Crippen molar-refractivity contribution in [2.75, 3.05) is 0 Å². The highest BCUT2D eigenvalue weighted by atomic mass is 35.5. The van der Waals surface area contributed by atoms with Crippen LogP contribution in [0.25, 0.3) is 11.1 Å². The second-order valence-electron chi connectivity index (χ2n) is 7.34. The second-order valence-corrected chi connectivity index (χ2v) is 10.7. The molecule has 0 aliphatic rings. The van der Waals surface area contributed by atoms with Gasteiger partial charge in [0.05, 0.1) is 0 Å². The molecule has 0 bridgehead atoms. The number of nitrogens with zero attached hydrogens (tertiary/aromatic N) is 2. The van der Waals surface area contributed by atoms with Crippen LogP contribution in [-0.2, 0) is 23.0 Å². The van der Waals surface area contributed by atoms with Crippen LogP contribution in [0.4, 0.5) is 4.79 Å². The van der Waals surface area contributed by atoms with Gasteiger partial charge in [0.2, 0.25) is 5.28 Å². The molecule has 0 aliphatic carbocycles. The maximum Gasteiger partial charge on any atom is 0.418 e. The van der Waals surface area contributed by atoms with Gasteiger partial charge in [-0.1, -0.05) is 38.1 Å². The molecular weight excluding hydrogens is 446 g/mol. The Morgan fingerprint density at radius 3 is 2.50 bits per heavy atom. The van der Waals surface area contributed by atoms with Crippen molar-refractivity contribution < 1.29 is 18.3 Å². The summed E-state index contributed by atoms with van der Waals surface area (Å²) in [5.74, 6) is 0.334. The Kier molecular flexibility index (Phi) is 6.54. The molecule has 160 valence electrons. The molecule has 1 aromatic carbocycles. The summed E-state index contributed by atoms with van der Waals surface area (Å²) < 4.78 is 28.9. The van der Waals surface area contributed by atoms with E-state index >= 15 is 0 Å². The number of sulfonamides is 1. The first-order valence-corrected chi connectivity index (χ1v) is 11.9. The normalized spacial score (nSPS) is 11.8. The topological polar surface area (TPSA) is 101 Å². The first kappa shape index (κ1) is 22.3. The average Bonchev–Trinajstić information content (AvgIpc) is 3.19. The Hall–Kier alpha value is -2.36. The van der Waals surface area contributed by atoms with E-state index in [0.29, 0.717) is 35.3 Å². The van der Waals surface area contributed by atoms with Crippen molar-refractivity contribution in [3.8, 4) is 11.1 Å². The molecule has 0 radical (unpaired) electrons. The van der Waals surface area contributed by atoms with E-state index in [1.165, 1.54) is 0 Å². The van der Waals surface area contributed by atoms with Gasteiger partial charge in [0.25, 0.3) is 10.0 Å². The van der Waals surface area contributed by atoms with Crippen molar-refractivity contribution in [3.63, 3.8) is 0 Å². The molecule has 0 aliphatic heterocycles. The number of imidazole rings is 1. The second kappa shape index (κ2) is 8.79. The molecule has 0 fully saturated rings. The van der Waals surface area contributed by atoms with E-state index in [1.54, 1.807) is 21.7 Å². The van der Waals surface area contributed by atoms with E-state index in [-0.39, 0.29) is 4.21 Å². The van der Waals surface area contributed by atoms with Crippen molar-refractivity contribution in [2.24, 2.45) is 5.92 Å². The van der Waals surface area contributed by atoms with Gasteiger partial charge in [-0.3, -0.25) is 0 Å². The first-order valence-electron chi connectivity index (χ1n) is 9.22. The van der Waals surface area contributed by atoms with Crippen LogP contribution in [0.3, 0.4) is 0 Å². The Labute approximate surface area is 184 Å². The molecule has 10 heteroatoms. The van der Waals surface area contributed by atoms with Gasteiger partial charge in [0.15, 0.2) is 0 Å². The lowest BCUT2D eigenvalue weighted by Gasteiger charge is -2.09. The van der Waals surface area contributed by atoms with E-state index in [2.05, 4.69) is 18.8 Å². The molecule has 0 atom stereocenters. The number of hydrogen-bond acceptors (Lipinski definition) is 5. The van der Waals surface area contributed by atoms with E-state index in [4.69, 9.17) is 16.7 Å². The van der Waals surface area contributed by atoms with Crippen molar-refractivity contribution in [1.29, 1.82) is 0 Å². The minimum absolute atomic E-state index is 0.0171.